The number of carbonyl (C=O) groups excluding carboxylic acids is 3. The van der Waals surface area contributed by atoms with E-state index in [1.54, 1.807) is 20.8 Å². The maximum absolute atomic E-state index is 14.1. The second-order valence-electron chi connectivity index (χ2n) is 9.30. The number of imide groups is 2. The largest absolute Gasteiger partial charge is 0.443 e. The van der Waals surface area contributed by atoms with Crippen molar-refractivity contribution in [3.8, 4) is 0 Å². The molecular formula is C25H27BrCl2N2O4. The van der Waals surface area contributed by atoms with Crippen LogP contribution in [0.1, 0.15) is 52.5 Å². The lowest BCUT2D eigenvalue weighted by molar-refractivity contribution is -0.125. The first-order chi connectivity index (χ1) is 15.9. The van der Waals surface area contributed by atoms with E-state index < -0.39 is 29.2 Å². The summed E-state index contributed by atoms with van der Waals surface area (Å²) in [5.74, 6) is -0.516. The number of hydrogen-bond donors (Lipinski definition) is 0. The van der Waals surface area contributed by atoms with Crippen LogP contribution in [0.5, 0.6) is 0 Å². The fourth-order valence-corrected chi connectivity index (χ4v) is 4.78. The Labute approximate surface area is 218 Å². The molecule has 182 valence electrons. The van der Waals surface area contributed by atoms with E-state index in [0.29, 0.717) is 6.42 Å². The van der Waals surface area contributed by atoms with Crippen molar-refractivity contribution in [2.75, 3.05) is 4.90 Å². The molecule has 2 aromatic rings. The molecule has 9 heteroatoms. The molecule has 1 saturated heterocycles. The average Bonchev–Trinajstić information content (AvgIpc) is 2.92. The second-order valence-corrected chi connectivity index (χ2v) is 11.1. The van der Waals surface area contributed by atoms with Crippen molar-refractivity contribution >= 4 is 62.9 Å². The van der Waals surface area contributed by atoms with E-state index in [1.165, 1.54) is 18.2 Å². The van der Waals surface area contributed by atoms with Gasteiger partial charge in [-0.2, -0.15) is 0 Å². The Kier molecular flexibility index (Phi) is 8.00. The quantitative estimate of drug-likeness (QED) is 0.335. The maximum Gasteiger partial charge on any atom is 0.419 e. The molecule has 1 atom stereocenters. The second kappa shape index (κ2) is 10.3. The van der Waals surface area contributed by atoms with Crippen LogP contribution in [0, 0.1) is 0 Å². The summed E-state index contributed by atoms with van der Waals surface area (Å²) in [5, 5.41) is 0.539. The predicted molar refractivity (Wildman–Crippen MR) is 138 cm³/mol. The third-order valence-corrected chi connectivity index (χ3v) is 6.41. The van der Waals surface area contributed by atoms with Gasteiger partial charge in [0.05, 0.1) is 5.69 Å². The minimum absolute atomic E-state index is 0.148. The summed E-state index contributed by atoms with van der Waals surface area (Å²) in [4.78, 5) is 43.2. The van der Waals surface area contributed by atoms with Gasteiger partial charge in [0.2, 0.25) is 0 Å². The standard InChI is InChI=1S/C25H27BrCl2N2O4/c1-5-6-11-25(15-16-7-9-17(26)10-8-16)21(31)29(20-13-18(27)12-19(28)14-20)22(32)30(25)23(33)34-24(2,3)4/h7-10,12-14H,5-6,11,15H2,1-4H3/t25-/m1/s1. The molecule has 1 heterocycles. The van der Waals surface area contributed by atoms with Crippen LogP contribution in [-0.2, 0) is 16.0 Å². The van der Waals surface area contributed by atoms with Crippen LogP contribution in [0.25, 0.3) is 0 Å². The number of rotatable bonds is 6. The molecule has 0 radical (unpaired) electrons. The minimum Gasteiger partial charge on any atom is -0.443 e. The summed E-state index contributed by atoms with van der Waals surface area (Å²) >= 11 is 15.7. The van der Waals surface area contributed by atoms with Crippen LogP contribution >= 0.6 is 39.1 Å². The highest BCUT2D eigenvalue weighted by Gasteiger charge is 2.61. The fraction of sp³-hybridized carbons (Fsp3) is 0.400. The van der Waals surface area contributed by atoms with Crippen LogP contribution in [0.3, 0.4) is 0 Å². The van der Waals surface area contributed by atoms with Gasteiger partial charge in [0, 0.05) is 20.9 Å². The van der Waals surface area contributed by atoms with E-state index in [0.717, 1.165) is 26.3 Å². The SMILES string of the molecule is CCCC[C@@]1(Cc2ccc(Br)cc2)C(=O)N(c2cc(Cl)cc(Cl)c2)C(=O)N1C(=O)OC(C)(C)C. The van der Waals surface area contributed by atoms with Gasteiger partial charge >= 0.3 is 12.1 Å². The molecule has 34 heavy (non-hydrogen) atoms. The molecule has 6 nitrogen and oxygen atoms in total. The van der Waals surface area contributed by atoms with Gasteiger partial charge in [-0.3, -0.25) is 4.79 Å². The number of anilines is 1. The molecule has 3 rings (SSSR count). The molecule has 0 saturated carbocycles. The van der Waals surface area contributed by atoms with Gasteiger partial charge in [-0.1, -0.05) is 71.0 Å². The highest BCUT2D eigenvalue weighted by molar-refractivity contribution is 9.10. The molecule has 0 unspecified atom stereocenters. The molecule has 1 fully saturated rings. The number of nitrogens with zero attached hydrogens (tertiary/aromatic N) is 2. The van der Waals surface area contributed by atoms with E-state index in [2.05, 4.69) is 15.9 Å². The molecular weight excluding hydrogens is 543 g/mol. The smallest absolute Gasteiger partial charge is 0.419 e. The minimum atomic E-state index is -1.46. The molecule has 1 aliphatic rings. The van der Waals surface area contributed by atoms with E-state index in [4.69, 9.17) is 27.9 Å². The molecule has 2 aromatic carbocycles. The van der Waals surface area contributed by atoms with E-state index in [-0.39, 0.29) is 28.6 Å². The number of hydrogen-bond acceptors (Lipinski definition) is 4. The molecule has 0 aliphatic carbocycles. The van der Waals surface area contributed by atoms with Gasteiger partial charge in [0.25, 0.3) is 5.91 Å². The Bertz CT molecular complexity index is 1080. The number of urea groups is 1. The maximum atomic E-state index is 14.1. The van der Waals surface area contributed by atoms with Gasteiger partial charge in [-0.25, -0.2) is 19.4 Å². The van der Waals surface area contributed by atoms with E-state index >= 15 is 0 Å². The Morgan fingerprint density at radius 1 is 1.06 bits per heavy atom. The van der Waals surface area contributed by atoms with Crippen LogP contribution in [0.2, 0.25) is 10.0 Å². The van der Waals surface area contributed by atoms with Gasteiger partial charge in [0.15, 0.2) is 0 Å². The number of benzene rings is 2. The third-order valence-electron chi connectivity index (χ3n) is 5.45. The molecule has 0 aromatic heterocycles. The number of amides is 4. The van der Waals surface area contributed by atoms with Gasteiger partial charge in [0.1, 0.15) is 11.1 Å². The summed E-state index contributed by atoms with van der Waals surface area (Å²) in [7, 11) is 0. The lowest BCUT2D eigenvalue weighted by Gasteiger charge is -2.35. The first-order valence-corrected chi connectivity index (χ1v) is 12.5. The van der Waals surface area contributed by atoms with Crippen molar-refractivity contribution in [1.29, 1.82) is 0 Å². The number of unbranched alkanes of at least 4 members (excludes halogenated alkanes) is 1. The fourth-order valence-electron chi connectivity index (χ4n) is 4.00. The third kappa shape index (κ3) is 5.58. The Morgan fingerprint density at radius 3 is 2.18 bits per heavy atom. The van der Waals surface area contributed by atoms with Crippen molar-refractivity contribution in [2.45, 2.75) is 64.5 Å². The zero-order chi connectivity index (χ0) is 25.3. The highest BCUT2D eigenvalue weighted by atomic mass is 79.9. The lowest BCUT2D eigenvalue weighted by atomic mass is 9.84. The van der Waals surface area contributed by atoms with Crippen molar-refractivity contribution in [2.24, 2.45) is 0 Å². The molecule has 1 aliphatic heterocycles. The summed E-state index contributed by atoms with van der Waals surface area (Å²) < 4.78 is 6.47. The zero-order valence-corrected chi connectivity index (χ0v) is 22.6. The van der Waals surface area contributed by atoms with Gasteiger partial charge in [-0.05, 0) is 63.1 Å². The zero-order valence-electron chi connectivity index (χ0n) is 19.5. The topological polar surface area (TPSA) is 66.9 Å². The van der Waals surface area contributed by atoms with E-state index in [1.807, 2.05) is 31.2 Å². The highest BCUT2D eigenvalue weighted by Crippen LogP contribution is 2.41. The molecule has 0 spiro atoms. The first-order valence-electron chi connectivity index (χ1n) is 11.0. The van der Waals surface area contributed by atoms with Crippen LogP contribution in [0.4, 0.5) is 15.3 Å². The molecule has 0 bridgehead atoms. The monoisotopic (exact) mass is 568 g/mol. The van der Waals surface area contributed by atoms with Gasteiger partial charge < -0.3 is 4.74 Å². The summed E-state index contributed by atoms with van der Waals surface area (Å²) in [6.45, 7) is 7.12. The van der Waals surface area contributed by atoms with Crippen molar-refractivity contribution in [1.82, 2.24) is 4.90 Å². The first kappa shape index (κ1) is 26.5. The predicted octanol–water partition coefficient (Wildman–Crippen LogP) is 7.63. The number of carbonyl (C=O) groups is 3. The van der Waals surface area contributed by atoms with Crippen LogP contribution < -0.4 is 4.90 Å². The van der Waals surface area contributed by atoms with Crippen molar-refractivity contribution in [3.63, 3.8) is 0 Å². The lowest BCUT2D eigenvalue weighted by Crippen LogP contribution is -2.55. The Hall–Kier alpha value is -2.09. The number of halogens is 3. The van der Waals surface area contributed by atoms with Crippen molar-refractivity contribution < 1.29 is 19.1 Å². The summed E-state index contributed by atoms with van der Waals surface area (Å²) in [6, 6.07) is 11.1. The summed E-state index contributed by atoms with van der Waals surface area (Å²) in [5.41, 5.74) is -1.31. The summed E-state index contributed by atoms with van der Waals surface area (Å²) in [6.07, 6.45) is 0.964. The van der Waals surface area contributed by atoms with E-state index in [9.17, 15) is 14.4 Å². The van der Waals surface area contributed by atoms with Crippen molar-refractivity contribution in [3.05, 3.63) is 62.5 Å². The molecule has 4 amide bonds. The van der Waals surface area contributed by atoms with Crippen LogP contribution in [-0.4, -0.2) is 34.1 Å². The molecule has 0 N–H and O–H groups in total. The Balaban J connectivity index is 2.18. The normalized spacial score (nSPS) is 18.6. The Morgan fingerprint density at radius 2 is 1.65 bits per heavy atom. The van der Waals surface area contributed by atoms with Gasteiger partial charge in [-0.15, -0.1) is 0 Å². The average molecular weight is 570 g/mol. The number of ether oxygens (including phenoxy) is 1. The van der Waals surface area contributed by atoms with Crippen LogP contribution in [0.15, 0.2) is 46.9 Å².